The Morgan fingerprint density at radius 2 is 1.89 bits per heavy atom. The summed E-state index contributed by atoms with van der Waals surface area (Å²) in [5, 5.41) is 3.60. The molecule has 0 saturated carbocycles. The molecule has 3 aromatic rings. The van der Waals surface area contributed by atoms with Gasteiger partial charge in [0.1, 0.15) is 19.8 Å². The Balaban J connectivity index is 1.35. The van der Waals surface area contributed by atoms with Crippen molar-refractivity contribution in [3.8, 4) is 11.5 Å². The van der Waals surface area contributed by atoms with E-state index < -0.39 is 0 Å². The minimum Gasteiger partial charge on any atom is -0.486 e. The van der Waals surface area contributed by atoms with Crippen LogP contribution in [0.1, 0.15) is 24.1 Å². The van der Waals surface area contributed by atoms with E-state index in [2.05, 4.69) is 5.32 Å². The Morgan fingerprint density at radius 1 is 1.09 bits per heavy atom. The van der Waals surface area contributed by atoms with Gasteiger partial charge < -0.3 is 14.8 Å². The monoisotopic (exact) mass is 506 g/mol. The third-order valence-corrected chi connectivity index (χ3v) is 7.04. The van der Waals surface area contributed by atoms with Gasteiger partial charge in [0.2, 0.25) is 5.91 Å². The van der Waals surface area contributed by atoms with Crippen LogP contribution in [0.5, 0.6) is 11.5 Å². The molecule has 0 aromatic heterocycles. The van der Waals surface area contributed by atoms with E-state index in [1.54, 1.807) is 18.2 Å². The molecule has 1 atom stereocenters. The molecule has 0 bridgehead atoms. The number of hydrogen-bond acceptors (Lipinski definition) is 5. The van der Waals surface area contributed by atoms with E-state index in [0.29, 0.717) is 40.3 Å². The molecule has 2 aliphatic rings. The zero-order chi connectivity index (χ0) is 24.4. The van der Waals surface area contributed by atoms with Gasteiger partial charge in [-0.15, -0.1) is 0 Å². The molecule has 0 aliphatic carbocycles. The van der Waals surface area contributed by atoms with Crippen molar-refractivity contribution in [1.29, 1.82) is 0 Å². The normalized spacial score (nSPS) is 16.6. The zero-order valence-electron chi connectivity index (χ0n) is 19.0. The fraction of sp³-hybridized carbons (Fsp3) is 0.185. The van der Waals surface area contributed by atoms with E-state index >= 15 is 0 Å². The number of amides is 2. The Labute approximate surface area is 212 Å². The summed E-state index contributed by atoms with van der Waals surface area (Å²) in [7, 11) is 0. The number of carbonyl (C=O) groups is 2. The lowest BCUT2D eigenvalue weighted by Crippen LogP contribution is -2.43. The average Bonchev–Trinajstić information content (AvgIpc) is 2.86. The smallest absolute Gasteiger partial charge is 0.265 e. The molecule has 5 rings (SSSR count). The third-order valence-electron chi connectivity index (χ3n) is 5.72. The van der Waals surface area contributed by atoms with E-state index in [1.807, 2.05) is 61.5 Å². The van der Waals surface area contributed by atoms with Crippen molar-refractivity contribution in [2.75, 3.05) is 24.7 Å². The average molecular weight is 507 g/mol. The van der Waals surface area contributed by atoms with Crippen molar-refractivity contribution in [3.05, 3.63) is 87.8 Å². The van der Waals surface area contributed by atoms with Crippen LogP contribution in [0.25, 0.3) is 6.08 Å². The van der Waals surface area contributed by atoms with Crippen LogP contribution in [0.3, 0.4) is 0 Å². The number of nitrogens with one attached hydrogen (secondary N) is 1. The van der Waals surface area contributed by atoms with E-state index in [0.717, 1.165) is 16.0 Å². The van der Waals surface area contributed by atoms with Gasteiger partial charge in [-0.1, -0.05) is 53.7 Å². The van der Waals surface area contributed by atoms with Gasteiger partial charge in [-0.3, -0.25) is 14.5 Å². The first-order valence-electron chi connectivity index (χ1n) is 11.2. The number of halogens is 1. The van der Waals surface area contributed by atoms with Crippen LogP contribution in [-0.4, -0.2) is 31.6 Å². The van der Waals surface area contributed by atoms with E-state index in [-0.39, 0.29) is 24.4 Å². The molecule has 6 nitrogen and oxygen atoms in total. The van der Waals surface area contributed by atoms with Crippen molar-refractivity contribution in [3.63, 3.8) is 0 Å². The lowest BCUT2D eigenvalue weighted by Gasteiger charge is -2.30. The fourth-order valence-electron chi connectivity index (χ4n) is 4.01. The fourth-order valence-corrected chi connectivity index (χ4v) is 5.27. The first-order valence-corrected chi connectivity index (χ1v) is 12.4. The predicted octanol–water partition coefficient (Wildman–Crippen LogP) is 5.47. The quantitative estimate of drug-likeness (QED) is 0.465. The summed E-state index contributed by atoms with van der Waals surface area (Å²) in [6, 6.07) is 20.3. The molecule has 178 valence electrons. The zero-order valence-corrected chi connectivity index (χ0v) is 20.6. The molecule has 8 heteroatoms. The summed E-state index contributed by atoms with van der Waals surface area (Å²) in [6.07, 6.45) is 1.80. The molecule has 2 aliphatic heterocycles. The second-order valence-electron chi connectivity index (χ2n) is 8.22. The van der Waals surface area contributed by atoms with Crippen LogP contribution < -0.4 is 19.7 Å². The Hall–Kier alpha value is -3.42. The summed E-state index contributed by atoms with van der Waals surface area (Å²) in [6.45, 7) is 2.82. The van der Waals surface area contributed by atoms with Crippen LogP contribution in [0.15, 0.2) is 76.5 Å². The second-order valence-corrected chi connectivity index (χ2v) is 9.74. The Kier molecular flexibility index (Phi) is 6.70. The molecule has 1 unspecified atom stereocenters. The Morgan fingerprint density at radius 3 is 2.71 bits per heavy atom. The summed E-state index contributed by atoms with van der Waals surface area (Å²) >= 11 is 7.51. The maximum absolute atomic E-state index is 13.4. The highest BCUT2D eigenvalue weighted by Gasteiger charge is 2.31. The van der Waals surface area contributed by atoms with Gasteiger partial charge in [0.25, 0.3) is 5.91 Å². The molecule has 2 heterocycles. The van der Waals surface area contributed by atoms with Crippen molar-refractivity contribution in [2.45, 2.75) is 17.9 Å². The van der Waals surface area contributed by atoms with Crippen molar-refractivity contribution in [1.82, 2.24) is 5.32 Å². The topological polar surface area (TPSA) is 67.9 Å². The number of fused-ring (bicyclic) bond motifs is 2. The summed E-state index contributed by atoms with van der Waals surface area (Å²) in [5.74, 6) is 0.883. The number of anilines is 1. The van der Waals surface area contributed by atoms with E-state index in [9.17, 15) is 9.59 Å². The molecule has 1 N–H and O–H groups in total. The molecular formula is C27H23ClN2O4S. The Bertz CT molecular complexity index is 1330. The van der Waals surface area contributed by atoms with Gasteiger partial charge in [-0.05, 0) is 60.5 Å². The summed E-state index contributed by atoms with van der Waals surface area (Å²) in [5.41, 5.74) is 2.43. The molecule has 2 amide bonds. The largest absolute Gasteiger partial charge is 0.486 e. The number of hydrogen-bond donors (Lipinski definition) is 1. The molecule has 35 heavy (non-hydrogen) atoms. The van der Waals surface area contributed by atoms with Gasteiger partial charge in [0.15, 0.2) is 11.5 Å². The van der Waals surface area contributed by atoms with Crippen molar-refractivity contribution in [2.24, 2.45) is 0 Å². The standard InChI is InChI=1S/C27H23ClN2O4S/c1-17(19-9-10-22-23(15-19)34-12-11-33-22)29-26(31)16-30-21-7-2-3-8-24(21)35-25(27(30)32)14-18-5-4-6-20(28)13-18/h2-10,13-15,17H,11-12,16H2,1H3,(H,29,31)/b25-14-. The predicted molar refractivity (Wildman–Crippen MR) is 138 cm³/mol. The van der Waals surface area contributed by atoms with Crippen LogP contribution in [0.4, 0.5) is 5.69 Å². The van der Waals surface area contributed by atoms with Crippen LogP contribution in [-0.2, 0) is 9.59 Å². The number of para-hydroxylation sites is 1. The van der Waals surface area contributed by atoms with E-state index in [1.165, 1.54) is 16.7 Å². The highest BCUT2D eigenvalue weighted by Crippen LogP contribution is 2.42. The minimum absolute atomic E-state index is 0.0990. The number of rotatable bonds is 5. The molecule has 0 spiro atoms. The molecule has 0 fully saturated rings. The lowest BCUT2D eigenvalue weighted by atomic mass is 10.1. The maximum Gasteiger partial charge on any atom is 0.265 e. The van der Waals surface area contributed by atoms with Gasteiger partial charge in [0.05, 0.1) is 16.6 Å². The molecular weight excluding hydrogens is 484 g/mol. The molecule has 0 saturated heterocycles. The number of ether oxygens (including phenoxy) is 2. The van der Waals surface area contributed by atoms with Gasteiger partial charge in [-0.2, -0.15) is 0 Å². The van der Waals surface area contributed by atoms with Gasteiger partial charge in [0, 0.05) is 9.92 Å². The summed E-state index contributed by atoms with van der Waals surface area (Å²) in [4.78, 5) is 29.4. The lowest BCUT2D eigenvalue weighted by molar-refractivity contribution is -0.122. The van der Waals surface area contributed by atoms with Gasteiger partial charge in [-0.25, -0.2) is 0 Å². The first-order chi connectivity index (χ1) is 17.0. The highest BCUT2D eigenvalue weighted by molar-refractivity contribution is 8.04. The maximum atomic E-state index is 13.4. The number of carbonyl (C=O) groups excluding carboxylic acids is 2. The summed E-state index contributed by atoms with van der Waals surface area (Å²) < 4.78 is 11.2. The van der Waals surface area contributed by atoms with Crippen molar-refractivity contribution >= 4 is 46.9 Å². The van der Waals surface area contributed by atoms with Crippen molar-refractivity contribution < 1.29 is 19.1 Å². The molecule has 3 aromatic carbocycles. The minimum atomic E-state index is -0.274. The molecule has 0 radical (unpaired) electrons. The van der Waals surface area contributed by atoms with Crippen LogP contribution >= 0.6 is 23.4 Å². The van der Waals surface area contributed by atoms with Gasteiger partial charge >= 0.3 is 0 Å². The SMILES string of the molecule is CC(NC(=O)CN1C(=O)/C(=C/c2cccc(Cl)c2)Sc2ccccc21)c1ccc2c(c1)OCCO2. The number of nitrogens with zero attached hydrogens (tertiary/aromatic N) is 1. The van der Waals surface area contributed by atoms with Crippen LogP contribution in [0, 0.1) is 0 Å². The second kappa shape index (κ2) is 10.1. The van der Waals surface area contributed by atoms with Crippen LogP contribution in [0.2, 0.25) is 5.02 Å². The third kappa shape index (κ3) is 5.16. The highest BCUT2D eigenvalue weighted by atomic mass is 35.5. The first kappa shape index (κ1) is 23.3. The van der Waals surface area contributed by atoms with E-state index in [4.69, 9.17) is 21.1 Å². The number of benzene rings is 3. The number of thioether (sulfide) groups is 1.